The molecule has 6 nitrogen and oxygen atoms in total. The summed E-state index contributed by atoms with van der Waals surface area (Å²) in [6.45, 7) is 0. The van der Waals surface area contributed by atoms with E-state index < -0.39 is 17.9 Å². The summed E-state index contributed by atoms with van der Waals surface area (Å²) >= 11 is 1.30. The molecular formula is C13H11FN4O2S. The van der Waals surface area contributed by atoms with Crippen molar-refractivity contribution in [2.24, 2.45) is 0 Å². The Morgan fingerprint density at radius 1 is 1.52 bits per heavy atom. The van der Waals surface area contributed by atoms with Crippen molar-refractivity contribution in [3.63, 3.8) is 0 Å². The van der Waals surface area contributed by atoms with Gasteiger partial charge in [0, 0.05) is 18.3 Å². The van der Waals surface area contributed by atoms with Gasteiger partial charge in [-0.05, 0) is 18.2 Å². The van der Waals surface area contributed by atoms with Crippen LogP contribution in [0.15, 0.2) is 29.9 Å². The number of aromatic nitrogens is 1. The average molecular weight is 306 g/mol. The third kappa shape index (κ3) is 2.45. The third-order valence-corrected chi connectivity index (χ3v) is 4.01. The number of benzene rings is 1. The van der Waals surface area contributed by atoms with Gasteiger partial charge in [-0.3, -0.25) is 14.7 Å². The molecule has 0 bridgehead atoms. The maximum absolute atomic E-state index is 13.3. The smallest absolute Gasteiger partial charge is 0.323 e. The number of rotatable bonds is 2. The largest absolute Gasteiger partial charge is 0.324 e. The Labute approximate surface area is 123 Å². The molecule has 1 aliphatic rings. The van der Waals surface area contributed by atoms with E-state index in [4.69, 9.17) is 0 Å². The highest BCUT2D eigenvalue weighted by Crippen LogP contribution is 2.31. The summed E-state index contributed by atoms with van der Waals surface area (Å²) in [6, 6.07) is 2.61. The number of carbonyl (C=O) groups excluding carboxylic acids is 2. The highest BCUT2D eigenvalue weighted by atomic mass is 32.1. The van der Waals surface area contributed by atoms with E-state index in [9.17, 15) is 14.0 Å². The van der Waals surface area contributed by atoms with E-state index in [2.05, 4.69) is 15.6 Å². The summed E-state index contributed by atoms with van der Waals surface area (Å²) in [6.07, 6.45) is 1.55. The molecule has 0 aliphatic carbocycles. The number of thiazole rings is 1. The van der Waals surface area contributed by atoms with E-state index in [1.54, 1.807) is 18.8 Å². The Hall–Kier alpha value is -2.48. The summed E-state index contributed by atoms with van der Waals surface area (Å²) in [4.78, 5) is 29.3. The van der Waals surface area contributed by atoms with Crippen LogP contribution in [0.1, 0.15) is 11.6 Å². The summed E-state index contributed by atoms with van der Waals surface area (Å²) < 4.78 is 13.3. The van der Waals surface area contributed by atoms with Crippen molar-refractivity contribution >= 4 is 34.0 Å². The van der Waals surface area contributed by atoms with Crippen molar-refractivity contribution in [3.8, 4) is 0 Å². The molecule has 2 aromatic rings. The molecule has 0 radical (unpaired) electrons. The van der Waals surface area contributed by atoms with E-state index >= 15 is 0 Å². The van der Waals surface area contributed by atoms with Crippen molar-refractivity contribution < 1.29 is 14.0 Å². The van der Waals surface area contributed by atoms with Crippen LogP contribution in [0, 0.1) is 5.82 Å². The number of hydrogen-bond donors (Lipinski definition) is 2. The van der Waals surface area contributed by atoms with E-state index in [0.29, 0.717) is 16.3 Å². The predicted octanol–water partition coefficient (Wildman–Crippen LogP) is 2.12. The summed E-state index contributed by atoms with van der Waals surface area (Å²) in [5, 5.41) is 5.84. The average Bonchev–Trinajstić information content (AvgIpc) is 3.08. The Morgan fingerprint density at radius 2 is 2.33 bits per heavy atom. The minimum atomic E-state index is -0.904. The molecule has 8 heteroatoms. The van der Waals surface area contributed by atoms with E-state index in [0.717, 1.165) is 0 Å². The van der Waals surface area contributed by atoms with Gasteiger partial charge in [0.2, 0.25) is 0 Å². The standard InChI is InChI=1S/C13H11FN4O2S/c1-18(10-5-15-6-21-10)13(20)17-11-8-4-7(14)2-3-9(8)16-12(11)19/h2-6,11H,1H3,(H,16,19)(H,17,20). The van der Waals surface area contributed by atoms with Crippen molar-refractivity contribution in [1.82, 2.24) is 10.3 Å². The summed E-state index contributed by atoms with van der Waals surface area (Å²) in [5.41, 5.74) is 2.53. The van der Waals surface area contributed by atoms with Gasteiger partial charge >= 0.3 is 6.03 Å². The minimum absolute atomic E-state index is 0.387. The molecule has 3 amide bonds. The van der Waals surface area contributed by atoms with Gasteiger partial charge in [0.05, 0.1) is 11.7 Å². The number of carbonyl (C=O) groups is 2. The zero-order valence-corrected chi connectivity index (χ0v) is 11.8. The van der Waals surface area contributed by atoms with Crippen LogP contribution in [-0.4, -0.2) is 24.0 Å². The molecular weight excluding hydrogens is 295 g/mol. The Morgan fingerprint density at radius 3 is 3.05 bits per heavy atom. The molecule has 2 heterocycles. The Bertz CT molecular complexity index is 704. The Kier molecular flexibility index (Phi) is 3.30. The molecule has 1 unspecified atom stereocenters. The van der Waals surface area contributed by atoms with Gasteiger partial charge in [-0.25, -0.2) is 9.18 Å². The normalized spacial score (nSPS) is 16.3. The lowest BCUT2D eigenvalue weighted by atomic mass is 10.1. The monoisotopic (exact) mass is 306 g/mol. The maximum Gasteiger partial charge on any atom is 0.323 e. The molecule has 1 aliphatic heterocycles. The highest BCUT2D eigenvalue weighted by molar-refractivity contribution is 7.14. The van der Waals surface area contributed by atoms with Crippen LogP contribution in [0.3, 0.4) is 0 Å². The number of nitrogens with zero attached hydrogens (tertiary/aromatic N) is 2. The minimum Gasteiger partial charge on any atom is -0.324 e. The van der Waals surface area contributed by atoms with Gasteiger partial charge in [-0.2, -0.15) is 0 Å². The van der Waals surface area contributed by atoms with Crippen molar-refractivity contribution in [2.45, 2.75) is 6.04 Å². The lowest BCUT2D eigenvalue weighted by Gasteiger charge is -2.18. The molecule has 0 saturated carbocycles. The molecule has 1 atom stereocenters. The number of hydrogen-bond acceptors (Lipinski definition) is 4. The fourth-order valence-corrected chi connectivity index (χ4v) is 2.66. The third-order valence-electron chi connectivity index (χ3n) is 3.17. The molecule has 1 aromatic heterocycles. The van der Waals surface area contributed by atoms with Gasteiger partial charge in [0.15, 0.2) is 0 Å². The van der Waals surface area contributed by atoms with Crippen LogP contribution in [0.2, 0.25) is 0 Å². The number of nitrogens with one attached hydrogen (secondary N) is 2. The molecule has 2 N–H and O–H groups in total. The lowest BCUT2D eigenvalue weighted by Crippen LogP contribution is -2.41. The molecule has 0 spiro atoms. The van der Waals surface area contributed by atoms with Gasteiger partial charge in [0.1, 0.15) is 16.9 Å². The van der Waals surface area contributed by atoms with Crippen LogP contribution in [0.5, 0.6) is 0 Å². The fraction of sp³-hybridized carbons (Fsp3) is 0.154. The molecule has 0 fully saturated rings. The maximum atomic E-state index is 13.3. The number of amides is 3. The SMILES string of the molecule is CN(C(=O)NC1C(=O)Nc2ccc(F)cc21)c1cncs1. The van der Waals surface area contributed by atoms with Crippen LogP contribution in [0.4, 0.5) is 19.9 Å². The summed E-state index contributed by atoms with van der Waals surface area (Å²) in [7, 11) is 1.57. The number of halogens is 1. The van der Waals surface area contributed by atoms with Crippen molar-refractivity contribution in [2.75, 3.05) is 17.3 Å². The first-order valence-electron chi connectivity index (χ1n) is 6.09. The second-order valence-corrected chi connectivity index (χ2v) is 5.37. The van der Waals surface area contributed by atoms with Crippen molar-refractivity contribution in [1.29, 1.82) is 0 Å². The van der Waals surface area contributed by atoms with E-state index in [1.165, 1.54) is 34.4 Å². The predicted molar refractivity (Wildman–Crippen MR) is 76.8 cm³/mol. The zero-order chi connectivity index (χ0) is 15.0. The first kappa shape index (κ1) is 13.5. The van der Waals surface area contributed by atoms with Crippen molar-refractivity contribution in [3.05, 3.63) is 41.3 Å². The first-order chi connectivity index (χ1) is 10.1. The molecule has 21 heavy (non-hydrogen) atoms. The first-order valence-corrected chi connectivity index (χ1v) is 6.97. The lowest BCUT2D eigenvalue weighted by molar-refractivity contribution is -0.117. The molecule has 0 saturated heterocycles. The molecule has 1 aromatic carbocycles. The fourth-order valence-electron chi connectivity index (χ4n) is 2.07. The van der Waals surface area contributed by atoms with Gasteiger partial charge in [-0.1, -0.05) is 0 Å². The second kappa shape index (κ2) is 5.13. The second-order valence-electron chi connectivity index (χ2n) is 4.50. The zero-order valence-electron chi connectivity index (χ0n) is 11.0. The molecule has 3 rings (SSSR count). The molecule has 108 valence electrons. The quantitative estimate of drug-likeness (QED) is 0.892. The van der Waals surface area contributed by atoms with E-state index in [1.807, 2.05) is 0 Å². The highest BCUT2D eigenvalue weighted by Gasteiger charge is 2.33. The topological polar surface area (TPSA) is 74.3 Å². The van der Waals surface area contributed by atoms with Gasteiger partial charge < -0.3 is 10.6 Å². The van der Waals surface area contributed by atoms with E-state index in [-0.39, 0.29) is 5.91 Å². The van der Waals surface area contributed by atoms with Crippen LogP contribution in [0.25, 0.3) is 0 Å². The Balaban J connectivity index is 1.81. The van der Waals surface area contributed by atoms with Crippen LogP contribution < -0.4 is 15.5 Å². The van der Waals surface area contributed by atoms with Gasteiger partial charge in [-0.15, -0.1) is 11.3 Å². The number of fused-ring (bicyclic) bond motifs is 1. The number of anilines is 2. The summed E-state index contributed by atoms with van der Waals surface area (Å²) in [5.74, 6) is -0.845. The van der Waals surface area contributed by atoms with Gasteiger partial charge in [0.25, 0.3) is 5.91 Å². The van der Waals surface area contributed by atoms with Crippen LogP contribution in [-0.2, 0) is 4.79 Å². The number of urea groups is 1. The van der Waals surface area contributed by atoms with Crippen LogP contribution >= 0.6 is 11.3 Å².